The van der Waals surface area contributed by atoms with Crippen LogP contribution < -0.4 is 20.9 Å². The van der Waals surface area contributed by atoms with Crippen molar-refractivity contribution in [2.75, 3.05) is 47.2 Å². The van der Waals surface area contributed by atoms with Gasteiger partial charge in [0.25, 0.3) is 0 Å². The predicted octanol–water partition coefficient (Wildman–Crippen LogP) is 4.59. The van der Waals surface area contributed by atoms with Crippen LogP contribution in [0.1, 0.15) is 6.92 Å². The van der Waals surface area contributed by atoms with Crippen molar-refractivity contribution in [2.45, 2.75) is 6.92 Å². The first-order valence-electron chi connectivity index (χ1n) is 13.3. The first-order valence-corrected chi connectivity index (χ1v) is 13.3. The molecule has 210 valence electrons. The molecule has 0 bridgehead atoms. The number of benzene rings is 2. The van der Waals surface area contributed by atoms with Gasteiger partial charge in [-0.25, -0.2) is 29.7 Å². The van der Waals surface area contributed by atoms with Gasteiger partial charge in [-0.15, -0.1) is 0 Å². The maximum atomic E-state index is 12.5. The van der Waals surface area contributed by atoms with Crippen LogP contribution in [0.5, 0.6) is 0 Å². The highest BCUT2D eigenvalue weighted by atomic mass is 16.5. The number of nitrogens with one attached hydrogen (secondary N) is 3. The van der Waals surface area contributed by atoms with Crippen molar-refractivity contribution in [1.29, 1.82) is 0 Å². The fourth-order valence-electron chi connectivity index (χ4n) is 4.60. The highest BCUT2D eigenvalue weighted by Crippen LogP contribution is 2.31. The van der Waals surface area contributed by atoms with Gasteiger partial charge >= 0.3 is 6.03 Å². The number of urea groups is 1. The lowest BCUT2D eigenvalue weighted by atomic mass is 10.1. The lowest BCUT2D eigenvalue weighted by molar-refractivity contribution is -0.114. The molecule has 3 N–H and O–H groups in total. The van der Waals surface area contributed by atoms with Gasteiger partial charge in [0.05, 0.1) is 18.7 Å². The molecule has 1 aliphatic heterocycles. The molecular weight excluding hydrogens is 534 g/mol. The van der Waals surface area contributed by atoms with Crippen molar-refractivity contribution in [3.63, 3.8) is 0 Å². The maximum Gasteiger partial charge on any atom is 0.324 e. The standard InChI is InChI=1S/C30H27N9O3/c1-19(40)34-23-4-6-24(7-5-23)35-30(41)37-27-9-3-21(17-33-27)28-36-26-14-20(22-15-31-18-32-16-22)2-8-25(26)29(38-28)39-10-12-42-13-11-39/h2-9,14-18H,10-13H2,1H3,(H,34,40)(H2,33,35,37,41). The van der Waals surface area contributed by atoms with E-state index >= 15 is 0 Å². The van der Waals surface area contributed by atoms with Crippen LogP contribution in [0.25, 0.3) is 33.4 Å². The van der Waals surface area contributed by atoms with Crippen LogP contribution >= 0.6 is 0 Å². The van der Waals surface area contributed by atoms with Crippen LogP contribution in [-0.4, -0.2) is 63.2 Å². The molecule has 5 aromatic rings. The van der Waals surface area contributed by atoms with Crippen molar-refractivity contribution in [1.82, 2.24) is 24.9 Å². The van der Waals surface area contributed by atoms with Crippen molar-refractivity contribution in [3.05, 3.63) is 79.5 Å². The Morgan fingerprint density at radius 1 is 0.786 bits per heavy atom. The number of carbonyl (C=O) groups excluding carboxylic acids is 2. The lowest BCUT2D eigenvalue weighted by Crippen LogP contribution is -2.37. The van der Waals surface area contributed by atoms with E-state index in [-0.39, 0.29) is 5.91 Å². The van der Waals surface area contributed by atoms with Crippen LogP contribution in [-0.2, 0) is 9.53 Å². The number of fused-ring (bicyclic) bond motifs is 1. The second kappa shape index (κ2) is 11.9. The number of hydrogen-bond donors (Lipinski definition) is 3. The van der Waals surface area contributed by atoms with Crippen molar-refractivity contribution >= 4 is 45.9 Å². The summed E-state index contributed by atoms with van der Waals surface area (Å²) in [5.41, 5.74) is 4.55. The monoisotopic (exact) mass is 561 g/mol. The molecule has 6 rings (SSSR count). The summed E-state index contributed by atoms with van der Waals surface area (Å²) in [4.78, 5) is 48.5. The lowest BCUT2D eigenvalue weighted by Gasteiger charge is -2.29. The summed E-state index contributed by atoms with van der Waals surface area (Å²) in [5.74, 6) is 1.56. The van der Waals surface area contributed by atoms with Gasteiger partial charge in [-0.2, -0.15) is 0 Å². The quantitative estimate of drug-likeness (QED) is 0.271. The first-order chi connectivity index (χ1) is 20.5. The molecule has 0 atom stereocenters. The molecule has 0 unspecified atom stereocenters. The molecule has 1 aliphatic rings. The molecular formula is C30H27N9O3. The first kappa shape index (κ1) is 26.7. The van der Waals surface area contributed by atoms with Gasteiger partial charge in [0.2, 0.25) is 5.91 Å². The number of anilines is 4. The van der Waals surface area contributed by atoms with Gasteiger partial charge in [0, 0.05) is 66.5 Å². The van der Waals surface area contributed by atoms with E-state index in [2.05, 4.69) is 35.8 Å². The second-order valence-corrected chi connectivity index (χ2v) is 9.60. The minimum atomic E-state index is -0.448. The molecule has 0 spiro atoms. The SMILES string of the molecule is CC(=O)Nc1ccc(NC(=O)Nc2ccc(-c3nc(N4CCOCC4)c4ccc(-c5cncnc5)cc4n3)cn2)cc1. The average molecular weight is 562 g/mol. The molecule has 1 fully saturated rings. The molecule has 0 saturated carbocycles. The Morgan fingerprint density at radius 3 is 2.19 bits per heavy atom. The third kappa shape index (κ3) is 6.13. The number of hydrogen-bond acceptors (Lipinski definition) is 9. The van der Waals surface area contributed by atoms with E-state index in [0.29, 0.717) is 41.8 Å². The van der Waals surface area contributed by atoms with Gasteiger partial charge in [-0.05, 0) is 54.1 Å². The zero-order chi connectivity index (χ0) is 28.9. The Bertz CT molecular complexity index is 1720. The third-order valence-corrected chi connectivity index (χ3v) is 6.61. The molecule has 1 saturated heterocycles. The van der Waals surface area contributed by atoms with Gasteiger partial charge in [-0.1, -0.05) is 6.07 Å². The molecule has 12 heteroatoms. The predicted molar refractivity (Wildman–Crippen MR) is 160 cm³/mol. The van der Waals surface area contributed by atoms with Crippen LogP contribution in [0.3, 0.4) is 0 Å². The number of morpholine rings is 1. The van der Waals surface area contributed by atoms with E-state index in [4.69, 9.17) is 14.7 Å². The van der Waals surface area contributed by atoms with Crippen molar-refractivity contribution in [3.8, 4) is 22.5 Å². The van der Waals surface area contributed by atoms with Crippen LogP contribution in [0.2, 0.25) is 0 Å². The fourth-order valence-corrected chi connectivity index (χ4v) is 4.60. The molecule has 3 amide bonds. The summed E-state index contributed by atoms with van der Waals surface area (Å²) >= 11 is 0. The maximum absolute atomic E-state index is 12.5. The summed E-state index contributed by atoms with van der Waals surface area (Å²) in [6.07, 6.45) is 6.68. The molecule has 3 aromatic heterocycles. The third-order valence-electron chi connectivity index (χ3n) is 6.61. The molecule has 2 aromatic carbocycles. The van der Waals surface area contributed by atoms with E-state index in [1.165, 1.54) is 13.3 Å². The smallest absolute Gasteiger partial charge is 0.324 e. The molecule has 0 aliphatic carbocycles. The second-order valence-electron chi connectivity index (χ2n) is 9.60. The van der Waals surface area contributed by atoms with Gasteiger partial charge in [-0.3, -0.25) is 10.1 Å². The summed E-state index contributed by atoms with van der Waals surface area (Å²) in [6.45, 7) is 4.15. The Kier molecular flexibility index (Phi) is 7.60. The van der Waals surface area contributed by atoms with Crippen LogP contribution in [0, 0.1) is 0 Å². The molecule has 42 heavy (non-hydrogen) atoms. The van der Waals surface area contributed by atoms with Crippen LogP contribution in [0.15, 0.2) is 79.5 Å². The van der Waals surface area contributed by atoms with E-state index in [0.717, 1.165) is 40.9 Å². The van der Waals surface area contributed by atoms with Crippen molar-refractivity contribution in [2.24, 2.45) is 0 Å². The average Bonchev–Trinajstić information content (AvgIpc) is 3.02. The highest BCUT2D eigenvalue weighted by Gasteiger charge is 2.19. The van der Waals surface area contributed by atoms with E-state index < -0.39 is 6.03 Å². The number of amides is 3. The van der Waals surface area contributed by atoms with E-state index in [1.54, 1.807) is 48.9 Å². The highest BCUT2D eigenvalue weighted by molar-refractivity contribution is 5.99. The number of rotatable bonds is 6. The number of carbonyl (C=O) groups is 2. The fraction of sp³-hybridized carbons (Fsp3) is 0.167. The largest absolute Gasteiger partial charge is 0.378 e. The molecule has 0 radical (unpaired) electrons. The Hall–Kier alpha value is -5.49. The zero-order valence-electron chi connectivity index (χ0n) is 22.7. The van der Waals surface area contributed by atoms with E-state index in [9.17, 15) is 9.59 Å². The number of pyridine rings is 1. The summed E-state index contributed by atoms with van der Waals surface area (Å²) in [7, 11) is 0. The number of ether oxygens (including phenoxy) is 1. The Balaban J connectivity index is 1.24. The molecule has 12 nitrogen and oxygen atoms in total. The normalized spacial score (nSPS) is 13.0. The summed E-state index contributed by atoms with van der Waals surface area (Å²) in [6, 6.07) is 15.9. The van der Waals surface area contributed by atoms with Crippen molar-refractivity contribution < 1.29 is 14.3 Å². The summed E-state index contributed by atoms with van der Waals surface area (Å²) in [5, 5.41) is 9.10. The minimum Gasteiger partial charge on any atom is -0.378 e. The van der Waals surface area contributed by atoms with E-state index in [1.807, 2.05) is 24.3 Å². The Labute approximate surface area is 241 Å². The van der Waals surface area contributed by atoms with Gasteiger partial charge in [0.15, 0.2) is 5.82 Å². The topological polar surface area (TPSA) is 147 Å². The summed E-state index contributed by atoms with van der Waals surface area (Å²) < 4.78 is 5.56. The molecule has 4 heterocycles. The number of nitrogens with zero attached hydrogens (tertiary/aromatic N) is 6. The van der Waals surface area contributed by atoms with Gasteiger partial charge in [0.1, 0.15) is 18.0 Å². The van der Waals surface area contributed by atoms with Crippen LogP contribution in [0.4, 0.5) is 27.8 Å². The zero-order valence-corrected chi connectivity index (χ0v) is 22.7. The van der Waals surface area contributed by atoms with Gasteiger partial charge < -0.3 is 20.3 Å². The minimum absolute atomic E-state index is 0.165. The Morgan fingerprint density at radius 2 is 1.50 bits per heavy atom. The number of aromatic nitrogens is 5.